The Balaban J connectivity index is 1.90. The van der Waals surface area contributed by atoms with Crippen LogP contribution in [0.15, 0.2) is 48.5 Å². The molecule has 0 saturated carbocycles. The van der Waals surface area contributed by atoms with Gasteiger partial charge in [0.25, 0.3) is 5.91 Å². The lowest BCUT2D eigenvalue weighted by molar-refractivity contribution is -0.123. The maximum Gasteiger partial charge on any atom is 0.258 e. The van der Waals surface area contributed by atoms with Crippen molar-refractivity contribution in [2.24, 2.45) is 0 Å². The number of nitrogens with one attached hydrogen (secondary N) is 1. The predicted molar refractivity (Wildman–Crippen MR) is 103 cm³/mol. The van der Waals surface area contributed by atoms with E-state index in [1.54, 1.807) is 50.2 Å². The molecule has 2 aromatic rings. The van der Waals surface area contributed by atoms with E-state index in [4.69, 9.17) is 4.74 Å². The van der Waals surface area contributed by atoms with E-state index in [0.717, 1.165) is 11.8 Å². The summed E-state index contributed by atoms with van der Waals surface area (Å²) in [5.74, 6) is -0.198. The molecule has 6 nitrogen and oxygen atoms in total. The Hall–Kier alpha value is -2.61. The van der Waals surface area contributed by atoms with Crippen molar-refractivity contribution in [1.29, 1.82) is 0 Å². The summed E-state index contributed by atoms with van der Waals surface area (Å²) in [7, 11) is -3.34. The standard InChI is InChI=1S/C19H23FN2O4S/c1-4-22(27(3,24)25)17-9-11-18(12-10-17)26-13-19(23)21-14(2)15-5-7-16(20)8-6-15/h5-12,14H,4,13H2,1-3H3,(H,21,23)/t14-/m1/s1. The van der Waals surface area contributed by atoms with Gasteiger partial charge in [0.1, 0.15) is 11.6 Å². The van der Waals surface area contributed by atoms with Crippen LogP contribution in [0.25, 0.3) is 0 Å². The minimum Gasteiger partial charge on any atom is -0.484 e. The third-order valence-corrected chi connectivity index (χ3v) is 5.20. The van der Waals surface area contributed by atoms with Crippen LogP contribution in [0.1, 0.15) is 25.5 Å². The van der Waals surface area contributed by atoms with Crippen molar-refractivity contribution in [2.75, 3.05) is 23.7 Å². The van der Waals surface area contributed by atoms with Gasteiger partial charge in [-0.25, -0.2) is 12.8 Å². The van der Waals surface area contributed by atoms with Crippen molar-refractivity contribution in [2.45, 2.75) is 19.9 Å². The summed E-state index contributed by atoms with van der Waals surface area (Å²) >= 11 is 0. The molecule has 1 amide bonds. The minimum atomic E-state index is -3.34. The van der Waals surface area contributed by atoms with Gasteiger partial charge >= 0.3 is 0 Å². The van der Waals surface area contributed by atoms with Crippen molar-refractivity contribution in [3.05, 3.63) is 59.9 Å². The van der Waals surface area contributed by atoms with Gasteiger partial charge in [0.15, 0.2) is 6.61 Å². The molecule has 0 spiro atoms. The molecule has 0 bridgehead atoms. The number of rotatable bonds is 8. The third-order valence-electron chi connectivity index (χ3n) is 3.93. The molecule has 2 aromatic carbocycles. The van der Waals surface area contributed by atoms with Gasteiger partial charge < -0.3 is 10.1 Å². The molecular weight excluding hydrogens is 371 g/mol. The van der Waals surface area contributed by atoms with Gasteiger partial charge in [-0.15, -0.1) is 0 Å². The number of hydrogen-bond acceptors (Lipinski definition) is 4. The zero-order valence-electron chi connectivity index (χ0n) is 15.5. The second-order valence-corrected chi connectivity index (χ2v) is 7.96. The molecule has 8 heteroatoms. The summed E-state index contributed by atoms with van der Waals surface area (Å²) in [5, 5.41) is 2.77. The van der Waals surface area contributed by atoms with Crippen molar-refractivity contribution >= 4 is 21.6 Å². The van der Waals surface area contributed by atoms with Gasteiger partial charge in [-0.3, -0.25) is 9.10 Å². The molecule has 0 radical (unpaired) electrons. The molecule has 27 heavy (non-hydrogen) atoms. The van der Waals surface area contributed by atoms with Gasteiger partial charge in [-0.05, 0) is 55.8 Å². The molecular formula is C19H23FN2O4S. The lowest BCUT2D eigenvalue weighted by atomic mass is 10.1. The molecule has 0 saturated heterocycles. The van der Waals surface area contributed by atoms with E-state index >= 15 is 0 Å². The first-order chi connectivity index (χ1) is 12.7. The van der Waals surface area contributed by atoms with Crippen molar-refractivity contribution in [3.63, 3.8) is 0 Å². The van der Waals surface area contributed by atoms with Crippen molar-refractivity contribution in [3.8, 4) is 5.75 Å². The summed E-state index contributed by atoms with van der Waals surface area (Å²) < 4.78 is 43.1. The number of amides is 1. The van der Waals surface area contributed by atoms with Crippen LogP contribution in [0.4, 0.5) is 10.1 Å². The Labute approximate surface area is 159 Å². The van der Waals surface area contributed by atoms with Crippen LogP contribution in [0.2, 0.25) is 0 Å². The number of ether oxygens (including phenoxy) is 1. The Kier molecular flexibility index (Phi) is 6.79. The smallest absolute Gasteiger partial charge is 0.258 e. The van der Waals surface area contributed by atoms with E-state index < -0.39 is 10.0 Å². The van der Waals surface area contributed by atoms with Crippen LogP contribution in [0, 0.1) is 5.82 Å². The average molecular weight is 394 g/mol. The number of sulfonamides is 1. The van der Waals surface area contributed by atoms with E-state index in [0.29, 0.717) is 18.0 Å². The molecule has 0 unspecified atom stereocenters. The Bertz CT molecular complexity index is 868. The molecule has 0 aromatic heterocycles. The first kappa shape index (κ1) is 20.7. The van der Waals surface area contributed by atoms with Gasteiger partial charge in [-0.2, -0.15) is 0 Å². The second-order valence-electron chi connectivity index (χ2n) is 6.05. The minimum absolute atomic E-state index is 0.186. The van der Waals surface area contributed by atoms with Crippen LogP contribution in [-0.4, -0.2) is 33.7 Å². The fourth-order valence-corrected chi connectivity index (χ4v) is 3.56. The van der Waals surface area contributed by atoms with Crippen LogP contribution < -0.4 is 14.4 Å². The first-order valence-corrected chi connectivity index (χ1v) is 10.3. The molecule has 2 rings (SSSR count). The molecule has 1 atom stereocenters. The molecule has 0 aliphatic carbocycles. The Morgan fingerprint density at radius 3 is 2.26 bits per heavy atom. The quantitative estimate of drug-likeness (QED) is 0.747. The summed E-state index contributed by atoms with van der Waals surface area (Å²) in [6.45, 7) is 3.68. The summed E-state index contributed by atoms with van der Waals surface area (Å²) in [6, 6.07) is 12.1. The SMILES string of the molecule is CCN(c1ccc(OCC(=O)N[C@H](C)c2ccc(F)cc2)cc1)S(C)(=O)=O. The van der Waals surface area contributed by atoms with E-state index in [9.17, 15) is 17.6 Å². The second kappa shape index (κ2) is 8.85. The number of nitrogens with zero attached hydrogens (tertiary/aromatic N) is 1. The largest absolute Gasteiger partial charge is 0.484 e. The van der Waals surface area contributed by atoms with Gasteiger partial charge in [0.2, 0.25) is 10.0 Å². The van der Waals surface area contributed by atoms with E-state index in [1.165, 1.54) is 16.4 Å². The summed E-state index contributed by atoms with van der Waals surface area (Å²) in [5.41, 5.74) is 1.32. The lowest BCUT2D eigenvalue weighted by Gasteiger charge is -2.20. The predicted octanol–water partition coefficient (Wildman–Crippen LogP) is 2.87. The van der Waals surface area contributed by atoms with Gasteiger partial charge in [0.05, 0.1) is 18.0 Å². The number of carbonyl (C=O) groups excluding carboxylic acids is 1. The number of hydrogen-bond donors (Lipinski definition) is 1. The van der Waals surface area contributed by atoms with Crippen LogP contribution in [0.3, 0.4) is 0 Å². The monoisotopic (exact) mass is 394 g/mol. The van der Waals surface area contributed by atoms with Crippen LogP contribution in [0.5, 0.6) is 5.75 Å². The number of benzene rings is 2. The van der Waals surface area contributed by atoms with E-state index in [-0.39, 0.29) is 24.4 Å². The highest BCUT2D eigenvalue weighted by Crippen LogP contribution is 2.21. The average Bonchev–Trinajstić information content (AvgIpc) is 2.61. The lowest BCUT2D eigenvalue weighted by Crippen LogP contribution is -2.31. The highest BCUT2D eigenvalue weighted by molar-refractivity contribution is 7.92. The van der Waals surface area contributed by atoms with Gasteiger partial charge in [0, 0.05) is 6.54 Å². The molecule has 0 heterocycles. The third kappa shape index (κ3) is 5.96. The van der Waals surface area contributed by atoms with Crippen LogP contribution in [-0.2, 0) is 14.8 Å². The maximum atomic E-state index is 12.9. The molecule has 146 valence electrons. The highest BCUT2D eigenvalue weighted by atomic mass is 32.2. The molecule has 0 aliphatic heterocycles. The van der Waals surface area contributed by atoms with Gasteiger partial charge in [-0.1, -0.05) is 12.1 Å². The zero-order chi connectivity index (χ0) is 20.0. The maximum absolute atomic E-state index is 12.9. The van der Waals surface area contributed by atoms with E-state index in [2.05, 4.69) is 5.32 Å². The normalized spacial score (nSPS) is 12.3. The highest BCUT2D eigenvalue weighted by Gasteiger charge is 2.15. The molecule has 1 N–H and O–H groups in total. The van der Waals surface area contributed by atoms with E-state index in [1.807, 2.05) is 0 Å². The van der Waals surface area contributed by atoms with Crippen molar-refractivity contribution < 1.29 is 22.3 Å². The Morgan fingerprint density at radius 2 is 1.74 bits per heavy atom. The fourth-order valence-electron chi connectivity index (χ4n) is 2.58. The topological polar surface area (TPSA) is 75.7 Å². The summed E-state index contributed by atoms with van der Waals surface area (Å²) in [4.78, 5) is 12.0. The fraction of sp³-hybridized carbons (Fsp3) is 0.316. The number of carbonyl (C=O) groups is 1. The number of anilines is 1. The molecule has 0 aliphatic rings. The summed E-state index contributed by atoms with van der Waals surface area (Å²) in [6.07, 6.45) is 1.15. The molecule has 0 fully saturated rings. The first-order valence-electron chi connectivity index (χ1n) is 8.46. The Morgan fingerprint density at radius 1 is 1.15 bits per heavy atom. The number of halogens is 1. The van der Waals surface area contributed by atoms with Crippen LogP contribution >= 0.6 is 0 Å². The van der Waals surface area contributed by atoms with Crippen molar-refractivity contribution in [1.82, 2.24) is 5.32 Å². The zero-order valence-corrected chi connectivity index (χ0v) is 16.3.